The second kappa shape index (κ2) is 4.66. The number of rotatable bonds is 4. The zero-order chi connectivity index (χ0) is 11.0. The third kappa shape index (κ3) is 2.28. The fraction of sp³-hybridized carbons (Fsp3) is 1.00. The summed E-state index contributed by atoms with van der Waals surface area (Å²) in [7, 11) is 0. The second-order valence-electron chi connectivity index (χ2n) is 6.17. The van der Waals surface area contributed by atoms with Crippen LogP contribution in [0.2, 0.25) is 0 Å². The van der Waals surface area contributed by atoms with E-state index in [9.17, 15) is 0 Å². The van der Waals surface area contributed by atoms with E-state index in [0.717, 1.165) is 24.0 Å². The fourth-order valence-electron chi connectivity index (χ4n) is 3.73. The van der Waals surface area contributed by atoms with E-state index < -0.39 is 0 Å². The van der Waals surface area contributed by atoms with Crippen LogP contribution in [0.4, 0.5) is 0 Å². The van der Waals surface area contributed by atoms with Crippen LogP contribution in [0.5, 0.6) is 0 Å². The van der Waals surface area contributed by atoms with Crippen molar-refractivity contribution in [3.8, 4) is 0 Å². The third-order valence-corrected chi connectivity index (χ3v) is 4.90. The van der Waals surface area contributed by atoms with Crippen LogP contribution in [0, 0.1) is 5.92 Å². The fourth-order valence-corrected chi connectivity index (χ4v) is 3.73. The Morgan fingerprint density at radius 2 is 1.94 bits per heavy atom. The lowest BCUT2D eigenvalue weighted by Gasteiger charge is -2.35. The first kappa shape index (κ1) is 11.0. The van der Waals surface area contributed by atoms with E-state index in [2.05, 4.69) is 17.1 Å². The van der Waals surface area contributed by atoms with Crippen molar-refractivity contribution in [2.45, 2.75) is 70.0 Å². The Hall–Kier alpha value is -0.0800. The van der Waals surface area contributed by atoms with Crippen LogP contribution in [0.25, 0.3) is 0 Å². The standard InChI is InChI=1S/C14H26N2/c1-11(10-15-13-6-7-13)16-9-8-12-4-2-3-5-14(12)16/h11-15H,2-10H2,1H3. The van der Waals surface area contributed by atoms with E-state index in [-0.39, 0.29) is 0 Å². The van der Waals surface area contributed by atoms with E-state index in [0.29, 0.717) is 0 Å². The zero-order valence-corrected chi connectivity index (χ0v) is 10.6. The molecule has 0 amide bonds. The van der Waals surface area contributed by atoms with Crippen LogP contribution in [0.3, 0.4) is 0 Å². The van der Waals surface area contributed by atoms with Gasteiger partial charge in [-0.25, -0.2) is 0 Å². The molecule has 1 aliphatic heterocycles. The summed E-state index contributed by atoms with van der Waals surface area (Å²) in [4.78, 5) is 2.80. The van der Waals surface area contributed by atoms with Crippen molar-refractivity contribution >= 4 is 0 Å². The summed E-state index contributed by atoms with van der Waals surface area (Å²) in [5.41, 5.74) is 0. The first-order valence-corrected chi connectivity index (χ1v) is 7.34. The van der Waals surface area contributed by atoms with Crippen LogP contribution in [0.15, 0.2) is 0 Å². The highest BCUT2D eigenvalue weighted by Crippen LogP contribution is 2.37. The molecule has 3 atom stereocenters. The van der Waals surface area contributed by atoms with E-state index in [4.69, 9.17) is 0 Å². The number of nitrogens with zero attached hydrogens (tertiary/aromatic N) is 1. The van der Waals surface area contributed by atoms with Crippen molar-refractivity contribution in [2.75, 3.05) is 13.1 Å². The van der Waals surface area contributed by atoms with Crippen molar-refractivity contribution in [1.82, 2.24) is 10.2 Å². The lowest BCUT2D eigenvalue weighted by Crippen LogP contribution is -2.45. The molecule has 0 aromatic heterocycles. The minimum absolute atomic E-state index is 0.758. The van der Waals surface area contributed by atoms with Crippen molar-refractivity contribution in [1.29, 1.82) is 0 Å². The molecule has 2 saturated carbocycles. The molecule has 16 heavy (non-hydrogen) atoms. The number of fused-ring (bicyclic) bond motifs is 1. The van der Waals surface area contributed by atoms with Gasteiger partial charge in [0.15, 0.2) is 0 Å². The molecule has 0 aromatic carbocycles. The Balaban J connectivity index is 1.52. The van der Waals surface area contributed by atoms with Gasteiger partial charge in [-0.3, -0.25) is 4.90 Å². The minimum atomic E-state index is 0.758. The smallest absolute Gasteiger partial charge is 0.0195 e. The van der Waals surface area contributed by atoms with Gasteiger partial charge in [-0.1, -0.05) is 12.8 Å². The van der Waals surface area contributed by atoms with Crippen molar-refractivity contribution in [3.63, 3.8) is 0 Å². The molecule has 1 saturated heterocycles. The summed E-state index contributed by atoms with van der Waals surface area (Å²) >= 11 is 0. The van der Waals surface area contributed by atoms with Gasteiger partial charge in [-0.05, 0) is 51.5 Å². The molecule has 3 rings (SSSR count). The first-order chi connectivity index (χ1) is 7.84. The van der Waals surface area contributed by atoms with Crippen LogP contribution in [-0.4, -0.2) is 36.1 Å². The Morgan fingerprint density at radius 3 is 2.75 bits per heavy atom. The molecule has 1 heterocycles. The molecular weight excluding hydrogens is 196 g/mol. The van der Waals surface area contributed by atoms with Crippen LogP contribution in [-0.2, 0) is 0 Å². The van der Waals surface area contributed by atoms with E-state index in [1.165, 1.54) is 58.0 Å². The lowest BCUT2D eigenvalue weighted by atomic mass is 9.85. The van der Waals surface area contributed by atoms with Crippen LogP contribution >= 0.6 is 0 Å². The molecule has 2 heteroatoms. The number of nitrogens with one attached hydrogen (secondary N) is 1. The highest BCUT2D eigenvalue weighted by molar-refractivity contribution is 4.93. The van der Waals surface area contributed by atoms with Crippen molar-refractivity contribution in [3.05, 3.63) is 0 Å². The van der Waals surface area contributed by atoms with Gasteiger partial charge in [0.1, 0.15) is 0 Å². The molecule has 2 nitrogen and oxygen atoms in total. The molecule has 0 spiro atoms. The van der Waals surface area contributed by atoms with E-state index in [1.807, 2.05) is 0 Å². The summed E-state index contributed by atoms with van der Waals surface area (Å²) in [6.07, 6.45) is 10.2. The molecule has 3 aliphatic rings. The van der Waals surface area contributed by atoms with Gasteiger partial charge in [-0.15, -0.1) is 0 Å². The first-order valence-electron chi connectivity index (χ1n) is 7.34. The summed E-state index contributed by atoms with van der Waals surface area (Å²) in [5.74, 6) is 1.04. The van der Waals surface area contributed by atoms with E-state index in [1.54, 1.807) is 0 Å². The molecule has 1 N–H and O–H groups in total. The molecule has 0 bridgehead atoms. The summed E-state index contributed by atoms with van der Waals surface area (Å²) in [6.45, 7) is 5.00. The van der Waals surface area contributed by atoms with Gasteiger partial charge < -0.3 is 5.32 Å². The maximum Gasteiger partial charge on any atom is 0.0195 e. The number of hydrogen-bond acceptors (Lipinski definition) is 2. The Bertz CT molecular complexity index is 237. The van der Waals surface area contributed by atoms with Gasteiger partial charge in [-0.2, -0.15) is 0 Å². The maximum absolute atomic E-state index is 3.69. The van der Waals surface area contributed by atoms with Gasteiger partial charge in [0.2, 0.25) is 0 Å². The van der Waals surface area contributed by atoms with Crippen LogP contribution in [0.1, 0.15) is 51.9 Å². The third-order valence-electron chi connectivity index (χ3n) is 4.90. The summed E-state index contributed by atoms with van der Waals surface area (Å²) < 4.78 is 0. The molecule has 3 unspecified atom stereocenters. The van der Waals surface area contributed by atoms with Crippen molar-refractivity contribution in [2.24, 2.45) is 5.92 Å². The normalized spacial score (nSPS) is 37.3. The van der Waals surface area contributed by atoms with E-state index >= 15 is 0 Å². The van der Waals surface area contributed by atoms with Gasteiger partial charge in [0.05, 0.1) is 0 Å². The number of likely N-dealkylation sites (tertiary alicyclic amines) is 1. The topological polar surface area (TPSA) is 15.3 Å². The van der Waals surface area contributed by atoms with Gasteiger partial charge in [0, 0.05) is 24.7 Å². The number of hydrogen-bond donors (Lipinski definition) is 1. The predicted octanol–water partition coefficient (Wildman–Crippen LogP) is 2.39. The van der Waals surface area contributed by atoms with Crippen molar-refractivity contribution < 1.29 is 0 Å². The zero-order valence-electron chi connectivity index (χ0n) is 10.6. The van der Waals surface area contributed by atoms with Gasteiger partial charge >= 0.3 is 0 Å². The summed E-state index contributed by atoms with van der Waals surface area (Å²) in [5, 5.41) is 3.69. The Kier molecular flexibility index (Phi) is 3.21. The minimum Gasteiger partial charge on any atom is -0.312 e. The average Bonchev–Trinajstić information content (AvgIpc) is 3.04. The SMILES string of the molecule is CC(CNC1CC1)N1CCC2CCCCC21. The van der Waals surface area contributed by atoms with Crippen LogP contribution < -0.4 is 5.32 Å². The summed E-state index contributed by atoms with van der Waals surface area (Å²) in [6, 6.07) is 2.56. The highest BCUT2D eigenvalue weighted by atomic mass is 15.2. The molecule has 2 aliphatic carbocycles. The van der Waals surface area contributed by atoms with Gasteiger partial charge in [0.25, 0.3) is 0 Å². The Morgan fingerprint density at radius 1 is 1.12 bits per heavy atom. The molecule has 0 radical (unpaired) electrons. The molecule has 3 fully saturated rings. The largest absolute Gasteiger partial charge is 0.312 e. The highest BCUT2D eigenvalue weighted by Gasteiger charge is 2.37. The molecule has 0 aromatic rings. The maximum atomic E-state index is 3.69. The lowest BCUT2D eigenvalue weighted by molar-refractivity contribution is 0.138. The predicted molar refractivity (Wildman–Crippen MR) is 67.6 cm³/mol. The second-order valence-corrected chi connectivity index (χ2v) is 6.17. The molecular formula is C14H26N2. The monoisotopic (exact) mass is 222 g/mol. The Labute approximate surface area is 99.8 Å². The average molecular weight is 222 g/mol. The molecule has 92 valence electrons. The quantitative estimate of drug-likeness (QED) is 0.786.